The van der Waals surface area contributed by atoms with Crippen LogP contribution in [0.5, 0.6) is 0 Å². The minimum absolute atomic E-state index is 0.135. The van der Waals surface area contributed by atoms with Crippen molar-refractivity contribution in [1.29, 1.82) is 5.26 Å². The number of amides is 2. The fraction of sp³-hybridized carbons (Fsp3) is 0.0909. The first-order valence-electron chi connectivity index (χ1n) is 8.86. The quantitative estimate of drug-likeness (QED) is 0.566. The van der Waals surface area contributed by atoms with Gasteiger partial charge in [-0.2, -0.15) is 5.26 Å². The average molecular weight is 368 g/mol. The number of para-hydroxylation sites is 1. The molecule has 4 rings (SSSR count). The van der Waals surface area contributed by atoms with E-state index in [9.17, 15) is 14.9 Å². The summed E-state index contributed by atoms with van der Waals surface area (Å²) >= 11 is 0. The zero-order chi connectivity index (χ0) is 19.7. The fourth-order valence-electron chi connectivity index (χ4n) is 3.45. The highest BCUT2D eigenvalue weighted by Crippen LogP contribution is 2.38. The van der Waals surface area contributed by atoms with Gasteiger partial charge in [-0.25, -0.2) is 0 Å². The van der Waals surface area contributed by atoms with Crippen LogP contribution in [-0.2, 0) is 9.59 Å². The lowest BCUT2D eigenvalue weighted by Crippen LogP contribution is -2.27. The molecule has 0 saturated heterocycles. The number of anilines is 2. The van der Waals surface area contributed by atoms with Gasteiger partial charge in [0.05, 0.1) is 22.5 Å². The van der Waals surface area contributed by atoms with Crippen LogP contribution >= 0.6 is 0 Å². The molecule has 28 heavy (non-hydrogen) atoms. The Hall–Kier alpha value is -3.98. The van der Waals surface area contributed by atoms with Crippen molar-refractivity contribution in [3.8, 4) is 6.07 Å². The number of carbonyl (C=O) groups is 2. The smallest absolute Gasteiger partial charge is 0.267 e. The maximum absolute atomic E-state index is 12.9. The van der Waals surface area contributed by atoms with E-state index in [2.05, 4.69) is 10.3 Å². The minimum atomic E-state index is -0.616. The highest BCUT2D eigenvalue weighted by Gasteiger charge is 2.35. The number of likely N-dealkylation sites (N-methyl/N-ethyl adjacent to an activating group) is 1. The number of rotatable bonds is 3. The Morgan fingerprint density at radius 2 is 1.96 bits per heavy atom. The summed E-state index contributed by atoms with van der Waals surface area (Å²) in [7, 11) is 0. The van der Waals surface area contributed by atoms with Crippen LogP contribution in [0.2, 0.25) is 0 Å². The van der Waals surface area contributed by atoms with Crippen LogP contribution in [0.25, 0.3) is 16.5 Å². The van der Waals surface area contributed by atoms with Gasteiger partial charge >= 0.3 is 0 Å². The number of hydrogen-bond acceptors (Lipinski definition) is 4. The highest BCUT2D eigenvalue weighted by atomic mass is 16.2. The molecule has 0 fully saturated rings. The third-order valence-electron chi connectivity index (χ3n) is 4.72. The van der Waals surface area contributed by atoms with E-state index in [1.807, 2.05) is 37.3 Å². The number of nitriles is 1. The van der Waals surface area contributed by atoms with Crippen molar-refractivity contribution in [1.82, 2.24) is 4.98 Å². The third kappa shape index (κ3) is 2.70. The van der Waals surface area contributed by atoms with E-state index in [-0.39, 0.29) is 17.1 Å². The molecule has 0 bridgehead atoms. The van der Waals surface area contributed by atoms with Gasteiger partial charge in [0, 0.05) is 23.7 Å². The van der Waals surface area contributed by atoms with Gasteiger partial charge in [-0.3, -0.25) is 14.6 Å². The Balaban J connectivity index is 1.80. The van der Waals surface area contributed by atoms with Crippen LogP contribution in [0.4, 0.5) is 11.4 Å². The second-order valence-electron chi connectivity index (χ2n) is 6.26. The van der Waals surface area contributed by atoms with Crippen LogP contribution in [0, 0.1) is 11.3 Å². The summed E-state index contributed by atoms with van der Waals surface area (Å²) in [6.45, 7) is 2.31. The molecule has 0 unspecified atom stereocenters. The first-order valence-corrected chi connectivity index (χ1v) is 8.86. The van der Waals surface area contributed by atoms with E-state index >= 15 is 0 Å². The first kappa shape index (κ1) is 17.4. The number of aromatic nitrogens is 1. The molecule has 0 saturated carbocycles. The molecule has 6 heteroatoms. The van der Waals surface area contributed by atoms with E-state index in [1.54, 1.807) is 41.4 Å². The van der Waals surface area contributed by atoms with Crippen molar-refractivity contribution in [2.75, 3.05) is 16.8 Å². The Bertz CT molecular complexity index is 1190. The van der Waals surface area contributed by atoms with Crippen LogP contribution in [0.1, 0.15) is 12.5 Å². The summed E-state index contributed by atoms with van der Waals surface area (Å²) in [4.78, 5) is 31.7. The van der Waals surface area contributed by atoms with E-state index in [0.29, 0.717) is 23.5 Å². The molecular formula is C22H16N4O2. The summed E-state index contributed by atoms with van der Waals surface area (Å²) in [5.74, 6) is -0.954. The summed E-state index contributed by atoms with van der Waals surface area (Å²) in [6.07, 6.45) is 1.67. The standard InChI is InChI=1S/C22H16N4O2/c1-2-26-19-11-4-3-7-15(19)20(22(26)28)16(13-23)21(27)25-18-10-5-9-17-14(18)8-6-12-24-17/h3-12H,2H2,1H3,(H,25,27). The van der Waals surface area contributed by atoms with E-state index < -0.39 is 5.91 Å². The topological polar surface area (TPSA) is 86.1 Å². The Labute approximate surface area is 161 Å². The van der Waals surface area contributed by atoms with Crippen molar-refractivity contribution >= 4 is 39.7 Å². The molecule has 0 aliphatic carbocycles. The highest BCUT2D eigenvalue weighted by molar-refractivity contribution is 6.38. The molecule has 2 aromatic carbocycles. The number of fused-ring (bicyclic) bond motifs is 2. The molecule has 1 N–H and O–H groups in total. The molecule has 6 nitrogen and oxygen atoms in total. The van der Waals surface area contributed by atoms with Gasteiger partial charge < -0.3 is 10.2 Å². The van der Waals surface area contributed by atoms with Gasteiger partial charge in [-0.1, -0.05) is 24.3 Å². The van der Waals surface area contributed by atoms with Crippen molar-refractivity contribution in [3.63, 3.8) is 0 Å². The van der Waals surface area contributed by atoms with Crippen LogP contribution in [-0.4, -0.2) is 23.3 Å². The number of nitrogens with zero attached hydrogens (tertiary/aromatic N) is 3. The van der Waals surface area contributed by atoms with E-state index in [1.165, 1.54) is 0 Å². The van der Waals surface area contributed by atoms with Gasteiger partial charge in [0.2, 0.25) is 0 Å². The monoisotopic (exact) mass is 368 g/mol. The second-order valence-corrected chi connectivity index (χ2v) is 6.26. The molecule has 1 aromatic heterocycles. The third-order valence-corrected chi connectivity index (χ3v) is 4.72. The molecule has 0 spiro atoms. The van der Waals surface area contributed by atoms with Crippen molar-refractivity contribution in [2.45, 2.75) is 6.92 Å². The van der Waals surface area contributed by atoms with E-state index in [0.717, 1.165) is 10.9 Å². The molecule has 136 valence electrons. The molecule has 0 atom stereocenters. The lowest BCUT2D eigenvalue weighted by atomic mass is 10.0. The first-order chi connectivity index (χ1) is 13.7. The Kier molecular flexibility index (Phi) is 4.34. The fourth-order valence-corrected chi connectivity index (χ4v) is 3.45. The SMILES string of the molecule is CCN1C(=O)C(=C(C#N)C(=O)Nc2cccc3ncccc23)c2ccccc21. The van der Waals surface area contributed by atoms with Gasteiger partial charge in [-0.15, -0.1) is 0 Å². The lowest BCUT2D eigenvalue weighted by molar-refractivity contribution is -0.114. The van der Waals surface area contributed by atoms with E-state index in [4.69, 9.17) is 0 Å². The summed E-state index contributed by atoms with van der Waals surface area (Å²) < 4.78 is 0. The largest absolute Gasteiger partial charge is 0.321 e. The Morgan fingerprint density at radius 1 is 1.14 bits per heavy atom. The molecule has 2 amide bonds. The molecule has 2 heterocycles. The molecule has 0 radical (unpaired) electrons. The Morgan fingerprint density at radius 3 is 2.75 bits per heavy atom. The maximum Gasteiger partial charge on any atom is 0.267 e. The lowest BCUT2D eigenvalue weighted by Gasteiger charge is -2.13. The van der Waals surface area contributed by atoms with Crippen molar-refractivity contribution in [3.05, 3.63) is 71.9 Å². The van der Waals surface area contributed by atoms with Gasteiger partial charge in [-0.05, 0) is 37.3 Å². The van der Waals surface area contributed by atoms with Crippen molar-refractivity contribution in [2.24, 2.45) is 0 Å². The number of hydrogen-bond donors (Lipinski definition) is 1. The van der Waals surface area contributed by atoms with Crippen molar-refractivity contribution < 1.29 is 9.59 Å². The molecule has 3 aromatic rings. The van der Waals surface area contributed by atoms with Crippen LogP contribution < -0.4 is 10.2 Å². The predicted molar refractivity (Wildman–Crippen MR) is 107 cm³/mol. The summed E-state index contributed by atoms with van der Waals surface area (Å²) in [6, 6.07) is 18.1. The van der Waals surface area contributed by atoms with Gasteiger partial charge in [0.1, 0.15) is 11.6 Å². The zero-order valence-corrected chi connectivity index (χ0v) is 15.1. The minimum Gasteiger partial charge on any atom is -0.321 e. The van der Waals surface area contributed by atoms with Gasteiger partial charge in [0.25, 0.3) is 11.8 Å². The number of pyridine rings is 1. The van der Waals surface area contributed by atoms with Crippen LogP contribution in [0.3, 0.4) is 0 Å². The van der Waals surface area contributed by atoms with Crippen LogP contribution in [0.15, 0.2) is 66.4 Å². The van der Waals surface area contributed by atoms with Gasteiger partial charge in [0.15, 0.2) is 0 Å². The molecular weight excluding hydrogens is 352 g/mol. The molecule has 1 aliphatic heterocycles. The second kappa shape index (κ2) is 6.97. The zero-order valence-electron chi connectivity index (χ0n) is 15.1. The predicted octanol–water partition coefficient (Wildman–Crippen LogP) is 3.52. The molecule has 1 aliphatic rings. The number of benzene rings is 2. The normalized spacial score (nSPS) is 14.6. The summed E-state index contributed by atoms with van der Waals surface area (Å²) in [5.41, 5.74) is 2.51. The maximum atomic E-state index is 12.9. The number of nitrogens with one attached hydrogen (secondary N) is 1. The average Bonchev–Trinajstić information content (AvgIpc) is 3.00. The summed E-state index contributed by atoms with van der Waals surface area (Å²) in [5, 5.41) is 13.2. The number of carbonyl (C=O) groups excluding carboxylic acids is 2.